The SMILES string of the molecule is Cc1cc(NC(=O)c2nc3c(n2C)CCN(c2ccc(C(F)(F)F)cn2)C3)ccn1. The lowest BCUT2D eigenvalue weighted by Crippen LogP contribution is -2.31. The minimum absolute atomic E-state index is 0.275. The second-order valence-corrected chi connectivity index (χ2v) is 7.10. The van der Waals surface area contributed by atoms with Crippen molar-refractivity contribution in [1.82, 2.24) is 19.5 Å². The fourth-order valence-electron chi connectivity index (χ4n) is 3.48. The van der Waals surface area contributed by atoms with Crippen LogP contribution in [0.2, 0.25) is 0 Å². The standard InChI is InChI=1S/C20H19F3N6O/c1-12-9-14(5-7-24-12)26-19(30)18-27-15-11-29(8-6-16(15)28(18)2)17-4-3-13(10-25-17)20(21,22)23/h3-5,7,9-10H,6,8,11H2,1-2H3,(H,24,26,30). The number of rotatable bonds is 3. The van der Waals surface area contributed by atoms with Crippen molar-refractivity contribution in [2.24, 2.45) is 7.05 Å². The Morgan fingerprint density at radius 3 is 2.67 bits per heavy atom. The lowest BCUT2D eigenvalue weighted by atomic mass is 10.1. The number of amides is 1. The van der Waals surface area contributed by atoms with Crippen LogP contribution in [0, 0.1) is 6.92 Å². The Kier molecular flexibility index (Phi) is 4.92. The van der Waals surface area contributed by atoms with Crippen LogP contribution in [0.5, 0.6) is 0 Å². The zero-order chi connectivity index (χ0) is 21.5. The average molecular weight is 416 g/mol. The van der Waals surface area contributed by atoms with Crippen LogP contribution in [0.25, 0.3) is 0 Å². The summed E-state index contributed by atoms with van der Waals surface area (Å²) in [5, 5.41) is 2.82. The summed E-state index contributed by atoms with van der Waals surface area (Å²) in [5.74, 6) is 0.381. The molecule has 1 aliphatic rings. The summed E-state index contributed by atoms with van der Waals surface area (Å²) in [6.45, 7) is 2.76. The summed E-state index contributed by atoms with van der Waals surface area (Å²) in [7, 11) is 1.78. The van der Waals surface area contributed by atoms with Gasteiger partial charge in [-0.05, 0) is 31.2 Å². The molecule has 3 aromatic heterocycles. The third kappa shape index (κ3) is 3.85. The number of pyridine rings is 2. The number of aryl methyl sites for hydroxylation is 1. The average Bonchev–Trinajstić information content (AvgIpc) is 3.03. The molecule has 0 bridgehead atoms. The van der Waals surface area contributed by atoms with E-state index in [0.717, 1.165) is 23.7 Å². The molecule has 1 N–H and O–H groups in total. The van der Waals surface area contributed by atoms with Gasteiger partial charge in [-0.25, -0.2) is 9.97 Å². The summed E-state index contributed by atoms with van der Waals surface area (Å²) < 4.78 is 40.0. The van der Waals surface area contributed by atoms with Gasteiger partial charge in [0.1, 0.15) is 5.82 Å². The van der Waals surface area contributed by atoms with Crippen LogP contribution >= 0.6 is 0 Å². The van der Waals surface area contributed by atoms with Crippen LogP contribution in [0.4, 0.5) is 24.7 Å². The summed E-state index contributed by atoms with van der Waals surface area (Å²) in [6, 6.07) is 5.84. The van der Waals surface area contributed by atoms with E-state index in [1.807, 2.05) is 11.8 Å². The Labute approximate surface area is 170 Å². The summed E-state index contributed by atoms with van der Waals surface area (Å²) in [5.41, 5.74) is 2.26. The van der Waals surface area contributed by atoms with E-state index in [4.69, 9.17) is 0 Å². The van der Waals surface area contributed by atoms with Crippen molar-refractivity contribution in [2.75, 3.05) is 16.8 Å². The molecule has 10 heteroatoms. The maximum Gasteiger partial charge on any atom is 0.417 e. The number of nitrogens with one attached hydrogen (secondary N) is 1. The molecule has 0 aliphatic carbocycles. The fraction of sp³-hybridized carbons (Fsp3) is 0.300. The van der Waals surface area contributed by atoms with E-state index in [2.05, 4.69) is 20.3 Å². The Hall–Kier alpha value is -3.43. The smallest absolute Gasteiger partial charge is 0.350 e. The van der Waals surface area contributed by atoms with Gasteiger partial charge in [-0.15, -0.1) is 0 Å². The van der Waals surface area contributed by atoms with Crippen molar-refractivity contribution < 1.29 is 18.0 Å². The van der Waals surface area contributed by atoms with Crippen molar-refractivity contribution in [1.29, 1.82) is 0 Å². The van der Waals surface area contributed by atoms with Gasteiger partial charge in [0.25, 0.3) is 5.91 Å². The second-order valence-electron chi connectivity index (χ2n) is 7.10. The van der Waals surface area contributed by atoms with Gasteiger partial charge in [-0.3, -0.25) is 9.78 Å². The molecule has 0 spiro atoms. The largest absolute Gasteiger partial charge is 0.417 e. The summed E-state index contributed by atoms with van der Waals surface area (Å²) >= 11 is 0. The highest BCUT2D eigenvalue weighted by molar-refractivity contribution is 6.02. The van der Waals surface area contributed by atoms with Gasteiger partial charge in [0.05, 0.1) is 17.8 Å². The number of fused-ring (bicyclic) bond motifs is 1. The number of alkyl halides is 3. The number of carbonyl (C=O) groups is 1. The quantitative estimate of drug-likeness (QED) is 0.709. The minimum atomic E-state index is -4.42. The van der Waals surface area contributed by atoms with E-state index in [9.17, 15) is 18.0 Å². The third-order valence-corrected chi connectivity index (χ3v) is 5.01. The normalized spacial score (nSPS) is 13.8. The molecule has 3 aromatic rings. The molecule has 0 saturated heterocycles. The Balaban J connectivity index is 1.53. The zero-order valence-corrected chi connectivity index (χ0v) is 16.4. The van der Waals surface area contributed by atoms with Crippen LogP contribution in [0.15, 0.2) is 36.7 Å². The number of imidazole rings is 1. The van der Waals surface area contributed by atoms with Gasteiger partial charge < -0.3 is 14.8 Å². The van der Waals surface area contributed by atoms with E-state index < -0.39 is 11.7 Å². The molecule has 1 aliphatic heterocycles. The predicted molar refractivity (Wildman–Crippen MR) is 104 cm³/mol. The first-order valence-corrected chi connectivity index (χ1v) is 9.29. The number of carbonyl (C=O) groups excluding carboxylic acids is 1. The van der Waals surface area contributed by atoms with Crippen molar-refractivity contribution in [2.45, 2.75) is 26.1 Å². The van der Waals surface area contributed by atoms with Gasteiger partial charge >= 0.3 is 6.18 Å². The number of aromatic nitrogens is 4. The predicted octanol–water partition coefficient (Wildman–Crippen LogP) is 3.35. The van der Waals surface area contributed by atoms with Crippen LogP contribution < -0.4 is 10.2 Å². The molecule has 0 saturated carbocycles. The molecule has 0 aromatic carbocycles. The van der Waals surface area contributed by atoms with Crippen molar-refractivity contribution in [3.8, 4) is 0 Å². The molecular weight excluding hydrogens is 397 g/mol. The Morgan fingerprint density at radius 1 is 1.20 bits per heavy atom. The number of hydrogen-bond donors (Lipinski definition) is 1. The molecule has 1 amide bonds. The first kappa shape index (κ1) is 19.9. The number of halogens is 3. The molecule has 7 nitrogen and oxygen atoms in total. The Bertz CT molecular complexity index is 1090. The van der Waals surface area contributed by atoms with E-state index in [0.29, 0.717) is 36.7 Å². The van der Waals surface area contributed by atoms with Crippen molar-refractivity contribution >= 4 is 17.4 Å². The Morgan fingerprint density at radius 2 is 2.00 bits per heavy atom. The summed E-state index contributed by atoms with van der Waals surface area (Å²) in [4.78, 5) is 27.1. The van der Waals surface area contributed by atoms with Crippen LogP contribution in [0.1, 0.15) is 33.3 Å². The van der Waals surface area contributed by atoms with E-state index in [1.165, 1.54) is 6.07 Å². The number of anilines is 2. The van der Waals surface area contributed by atoms with Gasteiger partial charge in [-0.1, -0.05) is 0 Å². The molecule has 0 radical (unpaired) electrons. The highest BCUT2D eigenvalue weighted by Crippen LogP contribution is 2.30. The van der Waals surface area contributed by atoms with E-state index >= 15 is 0 Å². The lowest BCUT2D eigenvalue weighted by molar-refractivity contribution is -0.137. The molecular formula is C20H19F3N6O. The molecule has 156 valence electrons. The minimum Gasteiger partial charge on any atom is -0.350 e. The van der Waals surface area contributed by atoms with Gasteiger partial charge in [-0.2, -0.15) is 13.2 Å². The first-order chi connectivity index (χ1) is 14.2. The molecule has 4 rings (SSSR count). The number of nitrogens with zero attached hydrogens (tertiary/aromatic N) is 5. The molecule has 0 fully saturated rings. The molecule has 0 unspecified atom stereocenters. The second kappa shape index (κ2) is 7.43. The van der Waals surface area contributed by atoms with Crippen LogP contribution in [0.3, 0.4) is 0 Å². The van der Waals surface area contributed by atoms with E-state index in [-0.39, 0.29) is 11.7 Å². The van der Waals surface area contributed by atoms with Gasteiger partial charge in [0.2, 0.25) is 0 Å². The highest BCUT2D eigenvalue weighted by Gasteiger charge is 2.31. The third-order valence-electron chi connectivity index (χ3n) is 5.01. The van der Waals surface area contributed by atoms with Crippen LogP contribution in [-0.4, -0.2) is 32.0 Å². The fourth-order valence-corrected chi connectivity index (χ4v) is 3.48. The molecule has 30 heavy (non-hydrogen) atoms. The van der Waals surface area contributed by atoms with Crippen molar-refractivity contribution in [3.63, 3.8) is 0 Å². The monoisotopic (exact) mass is 416 g/mol. The van der Waals surface area contributed by atoms with Crippen molar-refractivity contribution in [3.05, 3.63) is 65.1 Å². The van der Waals surface area contributed by atoms with Crippen LogP contribution in [-0.2, 0) is 26.2 Å². The highest BCUT2D eigenvalue weighted by atomic mass is 19.4. The number of hydrogen-bond acceptors (Lipinski definition) is 5. The maximum absolute atomic E-state index is 12.8. The lowest BCUT2D eigenvalue weighted by Gasteiger charge is -2.27. The topological polar surface area (TPSA) is 75.9 Å². The van der Waals surface area contributed by atoms with E-state index in [1.54, 1.807) is 29.9 Å². The maximum atomic E-state index is 12.8. The first-order valence-electron chi connectivity index (χ1n) is 9.29. The zero-order valence-electron chi connectivity index (χ0n) is 16.4. The van der Waals surface area contributed by atoms with Gasteiger partial charge in [0.15, 0.2) is 5.82 Å². The molecule has 4 heterocycles. The van der Waals surface area contributed by atoms with Gasteiger partial charge in [0, 0.05) is 49.5 Å². The summed E-state index contributed by atoms with van der Waals surface area (Å²) in [6.07, 6.45) is -1.37. The molecule has 0 atom stereocenters.